The number of unbranched alkanes of at least 4 members (excludes halogenated alkanes) is 3. The molecule has 0 fully saturated rings. The summed E-state index contributed by atoms with van der Waals surface area (Å²) in [5.74, 6) is 0.780. The Balaban J connectivity index is 2.98. The van der Waals surface area contributed by atoms with Gasteiger partial charge in [-0.25, -0.2) is 0 Å². The second kappa shape index (κ2) is 14.7. The number of aryl methyl sites for hydroxylation is 1. The molecule has 2 nitrogen and oxygen atoms in total. The normalized spacial score (nSPS) is 12.6. The van der Waals surface area contributed by atoms with Crippen LogP contribution in [-0.4, -0.2) is 27.7 Å². The van der Waals surface area contributed by atoms with Crippen LogP contribution in [0.5, 0.6) is 5.75 Å². The van der Waals surface area contributed by atoms with E-state index in [-0.39, 0.29) is 0 Å². The van der Waals surface area contributed by atoms with Gasteiger partial charge < -0.3 is 0 Å². The summed E-state index contributed by atoms with van der Waals surface area (Å²) >= 11 is 3.05. The Kier molecular flexibility index (Phi) is 13.5. The average molecular weight is 513 g/mol. The summed E-state index contributed by atoms with van der Waals surface area (Å²) in [7, 11) is 0. The van der Waals surface area contributed by atoms with E-state index in [0.29, 0.717) is 9.36 Å². The maximum atomic E-state index is 6.48. The standard InChI is InChI=1S/C12H15O2S.3C4H9.Sn/c1-3-4-9-13-12(15)14-11-7-5-10(2)6-8-11;3*1-3-4-2;/h5-9H,3-4H2,1-2H3;3*1,3-4H2,2H3;. The topological polar surface area (TPSA) is 18.5 Å². The molecule has 0 amide bonds. The van der Waals surface area contributed by atoms with Crippen molar-refractivity contribution in [2.24, 2.45) is 0 Å². The van der Waals surface area contributed by atoms with Gasteiger partial charge >= 0.3 is 184 Å². The summed E-state index contributed by atoms with van der Waals surface area (Å²) in [6, 6.07) is 8.05. The molecule has 4 heteroatoms. The van der Waals surface area contributed by atoms with E-state index >= 15 is 0 Å². The molecule has 28 heavy (non-hydrogen) atoms. The minimum atomic E-state index is -2.51. The Labute approximate surface area is 183 Å². The molecular weight excluding hydrogens is 471 g/mol. The van der Waals surface area contributed by atoms with Crippen molar-refractivity contribution in [2.45, 2.75) is 103 Å². The van der Waals surface area contributed by atoms with Crippen molar-refractivity contribution in [1.29, 1.82) is 0 Å². The summed E-state index contributed by atoms with van der Waals surface area (Å²) < 4.78 is 17.0. The zero-order valence-electron chi connectivity index (χ0n) is 18.9. The van der Waals surface area contributed by atoms with Crippen LogP contribution in [0.1, 0.15) is 84.6 Å². The number of thiocarbonyl (C=S) groups is 1. The predicted octanol–water partition coefficient (Wildman–Crippen LogP) is 8.23. The van der Waals surface area contributed by atoms with Crippen LogP contribution in [0, 0.1) is 6.92 Å². The van der Waals surface area contributed by atoms with Crippen LogP contribution in [0.15, 0.2) is 24.3 Å². The molecule has 0 aromatic heterocycles. The Bertz CT molecular complexity index is 522. The van der Waals surface area contributed by atoms with E-state index < -0.39 is 18.4 Å². The van der Waals surface area contributed by atoms with Crippen molar-refractivity contribution in [3.05, 3.63) is 29.8 Å². The Morgan fingerprint density at radius 2 is 1.36 bits per heavy atom. The van der Waals surface area contributed by atoms with E-state index in [9.17, 15) is 0 Å². The molecule has 0 spiro atoms. The van der Waals surface area contributed by atoms with Crippen molar-refractivity contribution in [3.8, 4) is 5.75 Å². The van der Waals surface area contributed by atoms with Crippen molar-refractivity contribution >= 4 is 35.8 Å². The zero-order valence-corrected chi connectivity index (χ0v) is 22.6. The van der Waals surface area contributed by atoms with Gasteiger partial charge in [-0.2, -0.15) is 0 Å². The Morgan fingerprint density at radius 1 is 0.857 bits per heavy atom. The molecule has 0 heterocycles. The molecule has 1 unspecified atom stereocenters. The summed E-state index contributed by atoms with van der Waals surface area (Å²) in [6.07, 6.45) is 10.2. The van der Waals surface area contributed by atoms with Crippen LogP contribution in [0.3, 0.4) is 0 Å². The van der Waals surface area contributed by atoms with E-state index in [1.165, 1.54) is 57.4 Å². The van der Waals surface area contributed by atoms with E-state index in [1.54, 1.807) is 0 Å². The van der Waals surface area contributed by atoms with E-state index in [1.807, 2.05) is 12.1 Å². The third kappa shape index (κ3) is 9.02. The predicted molar refractivity (Wildman–Crippen MR) is 129 cm³/mol. The Morgan fingerprint density at radius 3 is 1.79 bits per heavy atom. The molecule has 0 radical (unpaired) electrons. The monoisotopic (exact) mass is 514 g/mol. The number of rotatable bonds is 14. The molecule has 0 aliphatic carbocycles. The molecule has 0 saturated heterocycles. The molecule has 1 atom stereocenters. The number of benzene rings is 1. The quantitative estimate of drug-likeness (QED) is 0.184. The van der Waals surface area contributed by atoms with E-state index in [0.717, 1.165) is 18.6 Å². The third-order valence-corrected chi connectivity index (χ3v) is 22.6. The van der Waals surface area contributed by atoms with Crippen molar-refractivity contribution in [2.75, 3.05) is 0 Å². The first kappa shape index (κ1) is 25.7. The molecule has 0 aliphatic heterocycles. The molecule has 1 aromatic rings. The summed E-state index contributed by atoms with van der Waals surface area (Å²) in [6.45, 7) is 11.3. The van der Waals surface area contributed by atoms with Crippen LogP contribution in [0.4, 0.5) is 0 Å². The second-order valence-electron chi connectivity index (χ2n) is 8.23. The van der Waals surface area contributed by atoms with Gasteiger partial charge in [0.15, 0.2) is 0 Å². The van der Waals surface area contributed by atoms with Gasteiger partial charge in [-0.15, -0.1) is 0 Å². The summed E-state index contributed by atoms with van der Waals surface area (Å²) in [4.78, 5) is 0. The fourth-order valence-corrected chi connectivity index (χ4v) is 22.0. The van der Waals surface area contributed by atoms with Gasteiger partial charge in [-0.3, -0.25) is 0 Å². The van der Waals surface area contributed by atoms with E-state index in [4.69, 9.17) is 21.7 Å². The van der Waals surface area contributed by atoms with Gasteiger partial charge in [0.05, 0.1) is 0 Å². The van der Waals surface area contributed by atoms with Crippen LogP contribution >= 0.6 is 12.2 Å². The van der Waals surface area contributed by atoms with E-state index in [2.05, 4.69) is 46.8 Å². The Hall–Kier alpha value is -0.291. The molecule has 0 bridgehead atoms. The van der Waals surface area contributed by atoms with Gasteiger partial charge in [0.2, 0.25) is 0 Å². The maximum absolute atomic E-state index is 6.48. The van der Waals surface area contributed by atoms with Crippen molar-refractivity contribution in [1.82, 2.24) is 0 Å². The second-order valence-corrected chi connectivity index (χ2v) is 22.5. The van der Waals surface area contributed by atoms with Crippen LogP contribution in [0.2, 0.25) is 13.3 Å². The van der Waals surface area contributed by atoms with Crippen molar-refractivity contribution in [3.63, 3.8) is 0 Å². The molecule has 0 saturated carbocycles. The van der Waals surface area contributed by atoms with Crippen molar-refractivity contribution < 1.29 is 9.47 Å². The minimum absolute atomic E-state index is 0.327. The summed E-state index contributed by atoms with van der Waals surface area (Å²) in [5, 5.41) is 0.327. The number of ether oxygens (including phenoxy) is 2. The number of hydrogen-bond donors (Lipinski definition) is 0. The van der Waals surface area contributed by atoms with Gasteiger partial charge in [0.25, 0.3) is 0 Å². The summed E-state index contributed by atoms with van der Waals surface area (Å²) in [5.41, 5.74) is 1.22. The van der Waals surface area contributed by atoms with Crippen LogP contribution < -0.4 is 4.74 Å². The molecule has 0 N–H and O–H groups in total. The first-order valence-electron chi connectivity index (χ1n) is 11.5. The van der Waals surface area contributed by atoms with Crippen LogP contribution in [0.25, 0.3) is 0 Å². The molecule has 160 valence electrons. The number of hydrogen-bond acceptors (Lipinski definition) is 3. The van der Waals surface area contributed by atoms with Gasteiger partial charge in [-0.05, 0) is 0 Å². The zero-order chi connectivity index (χ0) is 20.8. The first-order valence-corrected chi connectivity index (χ1v) is 19.6. The SMILES string of the molecule is CCC[CH2][Sn]([CH2]CCC)([CH2]CCC)[CH](CCC)OC(=S)Oc1ccc(C)cc1. The van der Waals surface area contributed by atoms with Gasteiger partial charge in [-0.1, -0.05) is 0 Å². The average Bonchev–Trinajstić information content (AvgIpc) is 2.69. The fourth-order valence-electron chi connectivity index (χ4n) is 4.04. The third-order valence-electron chi connectivity index (χ3n) is 5.78. The fraction of sp³-hybridized carbons (Fsp3) is 0.708. The first-order chi connectivity index (χ1) is 13.5. The molecule has 1 aromatic carbocycles. The van der Waals surface area contributed by atoms with Crippen LogP contribution in [-0.2, 0) is 4.74 Å². The molecule has 1 rings (SSSR count). The van der Waals surface area contributed by atoms with Gasteiger partial charge in [0.1, 0.15) is 0 Å². The molecular formula is C24H42O2SSn. The van der Waals surface area contributed by atoms with Gasteiger partial charge in [0, 0.05) is 0 Å². The molecule has 0 aliphatic rings.